The molecule has 108 valence electrons. The molecule has 2 atom stereocenters. The highest BCUT2D eigenvalue weighted by atomic mass is 16.5. The standard InChI is InChI=1S/C15H24O4/c1-11(7-8-17-2)13(16)9-12-5-6-14(18-3)15(10-12)19-4/h5-6,10-11,13,16H,7-9H2,1-4H3. The Labute approximate surface area is 115 Å². The highest BCUT2D eigenvalue weighted by Gasteiger charge is 2.15. The van der Waals surface area contributed by atoms with E-state index < -0.39 is 0 Å². The molecule has 0 aliphatic carbocycles. The number of benzene rings is 1. The van der Waals surface area contributed by atoms with Crippen molar-refractivity contribution in [2.24, 2.45) is 5.92 Å². The Morgan fingerprint density at radius 3 is 2.37 bits per heavy atom. The second kappa shape index (κ2) is 8.02. The van der Waals surface area contributed by atoms with Crippen LogP contribution in [0.2, 0.25) is 0 Å². The summed E-state index contributed by atoms with van der Waals surface area (Å²) in [6.07, 6.45) is 1.07. The van der Waals surface area contributed by atoms with Crippen molar-refractivity contribution < 1.29 is 19.3 Å². The van der Waals surface area contributed by atoms with E-state index in [1.807, 2.05) is 25.1 Å². The van der Waals surface area contributed by atoms with E-state index in [0.717, 1.165) is 12.0 Å². The zero-order chi connectivity index (χ0) is 14.3. The smallest absolute Gasteiger partial charge is 0.160 e. The normalized spacial score (nSPS) is 13.9. The van der Waals surface area contributed by atoms with Crippen molar-refractivity contribution in [2.75, 3.05) is 27.9 Å². The summed E-state index contributed by atoms with van der Waals surface area (Å²) >= 11 is 0. The fourth-order valence-electron chi connectivity index (χ4n) is 1.95. The van der Waals surface area contributed by atoms with Crippen LogP contribution in [-0.4, -0.2) is 39.1 Å². The number of aliphatic hydroxyl groups excluding tert-OH is 1. The molecule has 0 bridgehead atoms. The van der Waals surface area contributed by atoms with Crippen LogP contribution in [0, 0.1) is 5.92 Å². The second-order valence-corrected chi connectivity index (χ2v) is 4.72. The molecule has 0 spiro atoms. The maximum Gasteiger partial charge on any atom is 0.160 e. The van der Waals surface area contributed by atoms with Crippen molar-refractivity contribution in [3.8, 4) is 11.5 Å². The summed E-state index contributed by atoms with van der Waals surface area (Å²) in [5, 5.41) is 10.2. The molecule has 1 aromatic carbocycles. The Morgan fingerprint density at radius 2 is 1.79 bits per heavy atom. The third-order valence-corrected chi connectivity index (χ3v) is 3.33. The number of hydrogen-bond acceptors (Lipinski definition) is 4. The molecule has 1 rings (SSSR count). The van der Waals surface area contributed by atoms with Crippen LogP contribution in [0.4, 0.5) is 0 Å². The molecule has 0 saturated carbocycles. The van der Waals surface area contributed by atoms with E-state index in [9.17, 15) is 5.11 Å². The Hall–Kier alpha value is -1.26. The van der Waals surface area contributed by atoms with Gasteiger partial charge in [-0.15, -0.1) is 0 Å². The summed E-state index contributed by atoms with van der Waals surface area (Å²) in [6.45, 7) is 2.70. The van der Waals surface area contributed by atoms with E-state index in [1.54, 1.807) is 21.3 Å². The summed E-state index contributed by atoms with van der Waals surface area (Å²) in [7, 11) is 4.89. The zero-order valence-corrected chi connectivity index (χ0v) is 12.2. The zero-order valence-electron chi connectivity index (χ0n) is 12.2. The van der Waals surface area contributed by atoms with Gasteiger partial charge in [0.25, 0.3) is 0 Å². The monoisotopic (exact) mass is 268 g/mol. The van der Waals surface area contributed by atoms with Crippen molar-refractivity contribution in [1.29, 1.82) is 0 Å². The maximum atomic E-state index is 10.2. The van der Waals surface area contributed by atoms with Gasteiger partial charge in [0.1, 0.15) is 0 Å². The molecule has 0 heterocycles. The summed E-state index contributed by atoms with van der Waals surface area (Å²) in [4.78, 5) is 0. The van der Waals surface area contributed by atoms with Crippen LogP contribution < -0.4 is 9.47 Å². The predicted molar refractivity (Wildman–Crippen MR) is 74.9 cm³/mol. The lowest BCUT2D eigenvalue weighted by atomic mass is 9.95. The molecule has 0 saturated heterocycles. The largest absolute Gasteiger partial charge is 0.493 e. The van der Waals surface area contributed by atoms with Gasteiger partial charge in [0.2, 0.25) is 0 Å². The minimum Gasteiger partial charge on any atom is -0.493 e. The van der Waals surface area contributed by atoms with Gasteiger partial charge in [-0.2, -0.15) is 0 Å². The van der Waals surface area contributed by atoms with Crippen molar-refractivity contribution in [3.05, 3.63) is 23.8 Å². The van der Waals surface area contributed by atoms with Crippen molar-refractivity contribution >= 4 is 0 Å². The van der Waals surface area contributed by atoms with Crippen molar-refractivity contribution in [1.82, 2.24) is 0 Å². The molecule has 0 amide bonds. The van der Waals surface area contributed by atoms with E-state index in [1.165, 1.54) is 0 Å². The lowest BCUT2D eigenvalue weighted by Crippen LogP contribution is -2.21. The molecule has 4 nitrogen and oxygen atoms in total. The SMILES string of the molecule is COCCC(C)C(O)Cc1ccc(OC)c(OC)c1. The molecule has 1 aromatic rings. The first kappa shape index (κ1) is 15.8. The molecular formula is C15H24O4. The molecule has 0 aliphatic rings. The van der Waals surface area contributed by atoms with E-state index in [2.05, 4.69) is 0 Å². The summed E-state index contributed by atoms with van der Waals surface area (Å²) < 4.78 is 15.5. The minimum atomic E-state index is -0.381. The molecular weight excluding hydrogens is 244 g/mol. The van der Waals surface area contributed by atoms with Crippen LogP contribution in [0.3, 0.4) is 0 Å². The number of aliphatic hydroxyl groups is 1. The van der Waals surface area contributed by atoms with E-state index in [0.29, 0.717) is 24.5 Å². The van der Waals surface area contributed by atoms with Crippen LogP contribution in [0.5, 0.6) is 11.5 Å². The van der Waals surface area contributed by atoms with Gasteiger partial charge >= 0.3 is 0 Å². The van der Waals surface area contributed by atoms with Crippen molar-refractivity contribution in [3.63, 3.8) is 0 Å². The van der Waals surface area contributed by atoms with Gasteiger partial charge < -0.3 is 19.3 Å². The molecule has 1 N–H and O–H groups in total. The molecule has 19 heavy (non-hydrogen) atoms. The molecule has 0 radical (unpaired) electrons. The fourth-order valence-corrected chi connectivity index (χ4v) is 1.95. The summed E-state index contributed by atoms with van der Waals surface area (Å²) in [5.74, 6) is 1.60. The Morgan fingerprint density at radius 1 is 1.11 bits per heavy atom. The Bertz CT molecular complexity index is 378. The second-order valence-electron chi connectivity index (χ2n) is 4.72. The van der Waals surface area contributed by atoms with Crippen LogP contribution in [0.25, 0.3) is 0 Å². The number of rotatable bonds is 8. The molecule has 0 fully saturated rings. The lowest BCUT2D eigenvalue weighted by Gasteiger charge is -2.19. The van der Waals surface area contributed by atoms with Gasteiger partial charge in [0, 0.05) is 13.7 Å². The summed E-state index contributed by atoms with van der Waals surface area (Å²) in [6, 6.07) is 5.72. The number of ether oxygens (including phenoxy) is 3. The minimum absolute atomic E-state index is 0.202. The number of hydrogen-bond donors (Lipinski definition) is 1. The van der Waals surface area contributed by atoms with E-state index in [4.69, 9.17) is 14.2 Å². The maximum absolute atomic E-state index is 10.2. The third kappa shape index (κ3) is 4.73. The van der Waals surface area contributed by atoms with Gasteiger partial charge in [-0.05, 0) is 36.5 Å². The van der Waals surface area contributed by atoms with Gasteiger partial charge in [-0.1, -0.05) is 13.0 Å². The van der Waals surface area contributed by atoms with Gasteiger partial charge in [0.15, 0.2) is 11.5 Å². The third-order valence-electron chi connectivity index (χ3n) is 3.33. The highest BCUT2D eigenvalue weighted by Crippen LogP contribution is 2.28. The van der Waals surface area contributed by atoms with Crippen LogP contribution in [0.15, 0.2) is 18.2 Å². The van der Waals surface area contributed by atoms with E-state index in [-0.39, 0.29) is 12.0 Å². The first-order chi connectivity index (χ1) is 9.12. The highest BCUT2D eigenvalue weighted by molar-refractivity contribution is 5.43. The van der Waals surface area contributed by atoms with Crippen LogP contribution in [0.1, 0.15) is 18.9 Å². The molecule has 0 aliphatic heterocycles. The predicted octanol–water partition coefficient (Wildman–Crippen LogP) is 2.28. The van der Waals surface area contributed by atoms with E-state index >= 15 is 0 Å². The quantitative estimate of drug-likeness (QED) is 0.786. The van der Waals surface area contributed by atoms with Crippen molar-refractivity contribution in [2.45, 2.75) is 25.9 Å². The molecule has 2 unspecified atom stereocenters. The Kier molecular flexibility index (Phi) is 6.67. The average molecular weight is 268 g/mol. The first-order valence-corrected chi connectivity index (χ1v) is 6.50. The van der Waals surface area contributed by atoms with Crippen LogP contribution >= 0.6 is 0 Å². The van der Waals surface area contributed by atoms with Crippen LogP contribution in [-0.2, 0) is 11.2 Å². The molecule has 4 heteroatoms. The van der Waals surface area contributed by atoms with Gasteiger partial charge in [-0.3, -0.25) is 0 Å². The number of methoxy groups -OCH3 is 3. The molecule has 0 aromatic heterocycles. The van der Waals surface area contributed by atoms with Gasteiger partial charge in [-0.25, -0.2) is 0 Å². The summed E-state index contributed by atoms with van der Waals surface area (Å²) in [5.41, 5.74) is 1.04. The fraction of sp³-hybridized carbons (Fsp3) is 0.600. The Balaban J connectivity index is 2.66. The van der Waals surface area contributed by atoms with Gasteiger partial charge in [0.05, 0.1) is 20.3 Å². The lowest BCUT2D eigenvalue weighted by molar-refractivity contribution is 0.0886. The first-order valence-electron chi connectivity index (χ1n) is 6.50. The average Bonchev–Trinajstić information content (AvgIpc) is 2.44. The topological polar surface area (TPSA) is 47.9 Å².